The van der Waals surface area contributed by atoms with Gasteiger partial charge in [0.05, 0.1) is 6.04 Å². The van der Waals surface area contributed by atoms with Gasteiger partial charge in [-0.15, -0.1) is 0 Å². The topological polar surface area (TPSA) is 36.1 Å². The zero-order valence-corrected chi connectivity index (χ0v) is 12.8. The van der Waals surface area contributed by atoms with E-state index >= 15 is 0 Å². The molecule has 0 saturated carbocycles. The van der Waals surface area contributed by atoms with Crippen molar-refractivity contribution in [2.45, 2.75) is 25.8 Å². The Morgan fingerprint density at radius 2 is 2.10 bits per heavy atom. The van der Waals surface area contributed by atoms with Gasteiger partial charge in [0.15, 0.2) is 0 Å². The van der Waals surface area contributed by atoms with Crippen molar-refractivity contribution in [2.75, 3.05) is 6.54 Å². The average molecular weight is 298 g/mol. The number of aryl methyl sites for hydroxylation is 1. The lowest BCUT2D eigenvalue weighted by Gasteiger charge is -2.26. The van der Waals surface area contributed by atoms with Crippen molar-refractivity contribution in [2.24, 2.45) is 0 Å². The predicted octanol–water partition coefficient (Wildman–Crippen LogP) is 4.03. The zero-order chi connectivity index (χ0) is 14.8. The third kappa shape index (κ3) is 2.76. The maximum absolute atomic E-state index is 12.7. The molecule has 3 rings (SSSR count). The van der Waals surface area contributed by atoms with Gasteiger partial charge < -0.3 is 9.88 Å². The monoisotopic (exact) mass is 298 g/mol. The first-order valence-electron chi connectivity index (χ1n) is 7.22. The zero-order valence-electron chi connectivity index (χ0n) is 12.0. The Hall–Kier alpha value is -1.94. The van der Waals surface area contributed by atoms with Crippen LogP contribution in [0, 0.1) is 11.6 Å². The summed E-state index contributed by atoms with van der Waals surface area (Å²) < 4.78 is 0.732. The van der Waals surface area contributed by atoms with Gasteiger partial charge in [-0.2, -0.15) is 0 Å². The van der Waals surface area contributed by atoms with Crippen LogP contribution in [0.5, 0.6) is 0 Å². The highest BCUT2D eigenvalue weighted by Gasteiger charge is 2.31. The van der Waals surface area contributed by atoms with Gasteiger partial charge in [0.25, 0.3) is 5.91 Å². The van der Waals surface area contributed by atoms with Gasteiger partial charge >= 0.3 is 0 Å². The van der Waals surface area contributed by atoms with Crippen molar-refractivity contribution in [3.63, 3.8) is 0 Å². The van der Waals surface area contributed by atoms with E-state index in [1.807, 2.05) is 47.5 Å². The summed E-state index contributed by atoms with van der Waals surface area (Å²) in [6.45, 7) is 2.87. The molecule has 21 heavy (non-hydrogen) atoms. The van der Waals surface area contributed by atoms with Crippen LogP contribution in [0.15, 0.2) is 42.6 Å². The highest BCUT2D eigenvalue weighted by molar-refractivity contribution is 7.71. The fourth-order valence-electron chi connectivity index (χ4n) is 3.02. The number of aromatic amines is 1. The number of carbonyl (C=O) groups excluding carboxylic acids is 1. The minimum absolute atomic E-state index is 0.111. The van der Waals surface area contributed by atoms with Crippen molar-refractivity contribution >= 4 is 18.1 Å². The number of rotatable bonds is 2. The van der Waals surface area contributed by atoms with Crippen molar-refractivity contribution in [3.05, 3.63) is 63.9 Å². The van der Waals surface area contributed by atoms with Gasteiger partial charge in [-0.1, -0.05) is 30.4 Å². The summed E-state index contributed by atoms with van der Waals surface area (Å²) in [7, 11) is 0. The molecule has 1 atom stereocenters. The van der Waals surface area contributed by atoms with Crippen LogP contribution in [0.25, 0.3) is 0 Å². The van der Waals surface area contributed by atoms with Gasteiger partial charge in [-0.25, -0.2) is 0 Å². The number of likely N-dealkylation sites (tertiary alicyclic amines) is 1. The van der Waals surface area contributed by atoms with Crippen LogP contribution in [0.3, 0.4) is 0 Å². The van der Waals surface area contributed by atoms with Gasteiger partial charge in [-0.3, -0.25) is 4.79 Å². The molecule has 2 heterocycles. The Kier molecular flexibility index (Phi) is 3.88. The van der Waals surface area contributed by atoms with Crippen molar-refractivity contribution in [1.82, 2.24) is 9.88 Å². The first-order chi connectivity index (χ1) is 10.2. The van der Waals surface area contributed by atoms with Gasteiger partial charge in [0.1, 0.15) is 4.64 Å². The molecular weight excluding hydrogens is 280 g/mol. The molecule has 1 amide bonds. The third-order valence-corrected chi connectivity index (χ3v) is 4.30. The Bertz CT molecular complexity index is 708. The Labute approximate surface area is 129 Å². The summed E-state index contributed by atoms with van der Waals surface area (Å²) in [5.41, 5.74) is 3.08. The van der Waals surface area contributed by atoms with E-state index in [4.69, 9.17) is 12.2 Å². The molecule has 1 aromatic carbocycles. The maximum Gasteiger partial charge on any atom is 0.254 e. The van der Waals surface area contributed by atoms with E-state index in [-0.39, 0.29) is 11.9 Å². The van der Waals surface area contributed by atoms with E-state index in [2.05, 4.69) is 11.9 Å². The van der Waals surface area contributed by atoms with Crippen LogP contribution in [-0.4, -0.2) is 22.3 Å². The van der Waals surface area contributed by atoms with Crippen molar-refractivity contribution in [1.29, 1.82) is 0 Å². The molecule has 108 valence electrons. The standard InChI is InChI=1S/C17H18N2OS/c1-12-10-16(21)18-11-14(12)15-8-5-9-19(15)17(20)13-6-3-2-4-7-13/h2-4,6-7,10-11,15H,5,8-9H2,1H3,(H,18,21)/t15-/m0/s1. The minimum Gasteiger partial charge on any atom is -0.353 e. The average Bonchev–Trinajstić information content (AvgIpc) is 2.96. The van der Waals surface area contributed by atoms with Crippen molar-refractivity contribution in [3.8, 4) is 0 Å². The lowest BCUT2D eigenvalue weighted by Crippen LogP contribution is -2.30. The van der Waals surface area contributed by atoms with Crippen LogP contribution in [0.4, 0.5) is 0 Å². The lowest BCUT2D eigenvalue weighted by atomic mass is 10.0. The Morgan fingerprint density at radius 1 is 1.33 bits per heavy atom. The molecule has 1 fully saturated rings. The van der Waals surface area contributed by atoms with Gasteiger partial charge in [0, 0.05) is 18.3 Å². The SMILES string of the molecule is Cc1cc(=S)[nH]cc1[C@@H]1CCCN1C(=O)c1ccccc1. The molecule has 1 saturated heterocycles. The normalized spacial score (nSPS) is 18.0. The van der Waals surface area contributed by atoms with Crippen LogP contribution < -0.4 is 0 Å². The predicted molar refractivity (Wildman–Crippen MR) is 85.8 cm³/mol. The molecule has 2 aromatic rings. The van der Waals surface area contributed by atoms with Crippen LogP contribution >= 0.6 is 12.2 Å². The summed E-state index contributed by atoms with van der Waals surface area (Å²) in [6.07, 6.45) is 4.00. The fraction of sp³-hybridized carbons (Fsp3) is 0.294. The molecular formula is C17H18N2OS. The Balaban J connectivity index is 1.92. The van der Waals surface area contributed by atoms with Gasteiger partial charge in [-0.05, 0) is 49.1 Å². The molecule has 3 nitrogen and oxygen atoms in total. The smallest absolute Gasteiger partial charge is 0.254 e. The molecule has 4 heteroatoms. The number of carbonyl (C=O) groups is 1. The number of H-pyrrole nitrogens is 1. The molecule has 0 spiro atoms. The Morgan fingerprint density at radius 3 is 2.81 bits per heavy atom. The molecule has 0 radical (unpaired) electrons. The number of aromatic nitrogens is 1. The number of nitrogens with zero attached hydrogens (tertiary/aromatic N) is 1. The molecule has 1 aromatic heterocycles. The van der Waals surface area contributed by atoms with Crippen LogP contribution in [0.1, 0.15) is 40.4 Å². The number of pyridine rings is 1. The highest BCUT2D eigenvalue weighted by atomic mass is 32.1. The summed E-state index contributed by atoms with van der Waals surface area (Å²) in [5, 5.41) is 0. The largest absolute Gasteiger partial charge is 0.353 e. The molecule has 1 N–H and O–H groups in total. The number of hydrogen-bond acceptors (Lipinski definition) is 2. The number of benzene rings is 1. The fourth-order valence-corrected chi connectivity index (χ4v) is 3.26. The second-order valence-electron chi connectivity index (χ2n) is 5.46. The van der Waals surface area contributed by atoms with E-state index in [1.54, 1.807) is 0 Å². The molecule has 1 aliphatic heterocycles. The number of nitrogens with one attached hydrogen (secondary N) is 1. The van der Waals surface area contributed by atoms with Crippen LogP contribution in [0.2, 0.25) is 0 Å². The highest BCUT2D eigenvalue weighted by Crippen LogP contribution is 2.34. The molecule has 0 aliphatic carbocycles. The minimum atomic E-state index is 0.111. The first-order valence-corrected chi connectivity index (χ1v) is 7.63. The molecule has 0 bridgehead atoms. The second-order valence-corrected chi connectivity index (χ2v) is 5.90. The van der Waals surface area contributed by atoms with Crippen molar-refractivity contribution < 1.29 is 4.79 Å². The first kappa shape index (κ1) is 14.0. The third-order valence-electron chi connectivity index (χ3n) is 4.07. The molecule has 0 unspecified atom stereocenters. The van der Waals surface area contributed by atoms with E-state index in [9.17, 15) is 4.79 Å². The number of amides is 1. The lowest BCUT2D eigenvalue weighted by molar-refractivity contribution is 0.0735. The summed E-state index contributed by atoms with van der Waals surface area (Å²) in [6, 6.07) is 11.6. The van der Waals surface area contributed by atoms with E-state index in [1.165, 1.54) is 5.56 Å². The van der Waals surface area contributed by atoms with Gasteiger partial charge in [0.2, 0.25) is 0 Å². The quantitative estimate of drug-likeness (QED) is 0.850. The summed E-state index contributed by atoms with van der Waals surface area (Å²) >= 11 is 5.16. The van der Waals surface area contributed by atoms with E-state index in [0.717, 1.165) is 35.2 Å². The molecule has 1 aliphatic rings. The summed E-state index contributed by atoms with van der Waals surface area (Å²) in [4.78, 5) is 17.8. The number of hydrogen-bond donors (Lipinski definition) is 1. The van der Waals surface area contributed by atoms with E-state index in [0.29, 0.717) is 0 Å². The maximum atomic E-state index is 12.7. The summed E-state index contributed by atoms with van der Waals surface area (Å²) in [5.74, 6) is 0.111. The van der Waals surface area contributed by atoms with E-state index < -0.39 is 0 Å². The second kappa shape index (κ2) is 5.82. The van der Waals surface area contributed by atoms with Crippen LogP contribution in [-0.2, 0) is 0 Å².